The molecular formula is C8H21IN4. The van der Waals surface area contributed by atoms with E-state index >= 15 is 0 Å². The molecule has 0 unspecified atom stereocenters. The lowest BCUT2D eigenvalue weighted by molar-refractivity contribution is 0.302. The van der Waals surface area contributed by atoms with Crippen molar-refractivity contribution in [1.82, 2.24) is 4.90 Å². The van der Waals surface area contributed by atoms with Gasteiger partial charge in [-0.05, 0) is 26.1 Å². The molecule has 0 spiro atoms. The number of rotatable bonds is 6. The van der Waals surface area contributed by atoms with Gasteiger partial charge < -0.3 is 16.4 Å². The Morgan fingerprint density at radius 2 is 1.77 bits per heavy atom. The van der Waals surface area contributed by atoms with Gasteiger partial charge in [0.2, 0.25) is 0 Å². The molecule has 80 valence electrons. The van der Waals surface area contributed by atoms with E-state index in [4.69, 9.17) is 11.5 Å². The Balaban J connectivity index is 0. The molecule has 0 bridgehead atoms. The molecule has 5 heteroatoms. The monoisotopic (exact) mass is 300 g/mol. The minimum absolute atomic E-state index is 0. The van der Waals surface area contributed by atoms with Crippen LogP contribution in [0.15, 0.2) is 4.99 Å². The Morgan fingerprint density at radius 1 is 1.23 bits per heavy atom. The Kier molecular flexibility index (Phi) is 11.9. The number of hydrogen-bond donors (Lipinski definition) is 2. The van der Waals surface area contributed by atoms with E-state index in [0.29, 0.717) is 0 Å². The lowest BCUT2D eigenvalue weighted by Gasteiger charge is -2.16. The summed E-state index contributed by atoms with van der Waals surface area (Å²) in [5, 5.41) is 0. The molecule has 0 fully saturated rings. The van der Waals surface area contributed by atoms with E-state index in [1.54, 1.807) is 0 Å². The Hall–Kier alpha value is -0.0400. The third kappa shape index (κ3) is 9.88. The van der Waals surface area contributed by atoms with Gasteiger partial charge in [-0.2, -0.15) is 0 Å². The van der Waals surface area contributed by atoms with Crippen molar-refractivity contribution in [3.63, 3.8) is 0 Å². The fourth-order valence-corrected chi connectivity index (χ4v) is 1.04. The van der Waals surface area contributed by atoms with Crippen molar-refractivity contribution in [2.45, 2.75) is 20.3 Å². The predicted molar refractivity (Wildman–Crippen MR) is 68.5 cm³/mol. The van der Waals surface area contributed by atoms with Crippen LogP contribution in [-0.4, -0.2) is 37.0 Å². The first-order valence-electron chi connectivity index (χ1n) is 4.48. The highest BCUT2D eigenvalue weighted by Gasteiger charge is 1.96. The van der Waals surface area contributed by atoms with Gasteiger partial charge in [0.15, 0.2) is 5.96 Å². The van der Waals surface area contributed by atoms with Crippen LogP contribution in [0.5, 0.6) is 0 Å². The molecule has 0 heterocycles. The molecule has 13 heavy (non-hydrogen) atoms. The molecule has 0 radical (unpaired) electrons. The maximum atomic E-state index is 5.19. The summed E-state index contributed by atoms with van der Waals surface area (Å²) in [5.41, 5.74) is 10.4. The second-order valence-corrected chi connectivity index (χ2v) is 2.69. The van der Waals surface area contributed by atoms with Gasteiger partial charge in [-0.15, -0.1) is 24.0 Å². The van der Waals surface area contributed by atoms with Crippen LogP contribution in [-0.2, 0) is 0 Å². The third-order valence-corrected chi connectivity index (χ3v) is 1.82. The average molecular weight is 300 g/mol. The normalized spacial score (nSPS) is 9.46. The van der Waals surface area contributed by atoms with E-state index in [1.807, 2.05) is 0 Å². The molecule has 0 aromatic carbocycles. The SMILES string of the molecule is CCN(CC)CCCN=C(N)N.I. The predicted octanol–water partition coefficient (Wildman–Crippen LogP) is 0.610. The van der Waals surface area contributed by atoms with Gasteiger partial charge in [0.1, 0.15) is 0 Å². The highest BCUT2D eigenvalue weighted by Crippen LogP contribution is 1.90. The third-order valence-electron chi connectivity index (χ3n) is 1.82. The fraction of sp³-hybridized carbons (Fsp3) is 0.875. The smallest absolute Gasteiger partial charge is 0.185 e. The van der Waals surface area contributed by atoms with Gasteiger partial charge >= 0.3 is 0 Å². The Labute approximate surface area is 97.8 Å². The van der Waals surface area contributed by atoms with Crippen LogP contribution >= 0.6 is 24.0 Å². The Bertz CT molecular complexity index is 130. The standard InChI is InChI=1S/C8H20N4.HI/c1-3-12(4-2)7-5-6-11-8(9)10;/h3-7H2,1-2H3,(H4,9,10,11);1H. The first-order chi connectivity index (χ1) is 5.70. The van der Waals surface area contributed by atoms with E-state index in [0.717, 1.165) is 32.6 Å². The number of aliphatic imine (C=N–C) groups is 1. The van der Waals surface area contributed by atoms with Crippen LogP contribution < -0.4 is 11.5 Å². The van der Waals surface area contributed by atoms with Crippen LogP contribution in [0.4, 0.5) is 0 Å². The Morgan fingerprint density at radius 3 is 2.15 bits per heavy atom. The number of nitrogens with zero attached hydrogens (tertiary/aromatic N) is 2. The lowest BCUT2D eigenvalue weighted by atomic mass is 10.4. The second kappa shape index (κ2) is 10.0. The van der Waals surface area contributed by atoms with Crippen molar-refractivity contribution in [3.05, 3.63) is 0 Å². The molecule has 0 saturated heterocycles. The minimum Gasteiger partial charge on any atom is -0.370 e. The molecule has 0 amide bonds. The molecular weight excluding hydrogens is 279 g/mol. The van der Waals surface area contributed by atoms with Gasteiger partial charge in [-0.25, -0.2) is 0 Å². The van der Waals surface area contributed by atoms with Crippen LogP contribution in [0.1, 0.15) is 20.3 Å². The van der Waals surface area contributed by atoms with Crippen LogP contribution in [0.3, 0.4) is 0 Å². The first-order valence-corrected chi connectivity index (χ1v) is 4.48. The van der Waals surface area contributed by atoms with E-state index < -0.39 is 0 Å². The molecule has 4 nitrogen and oxygen atoms in total. The lowest BCUT2D eigenvalue weighted by Crippen LogP contribution is -2.26. The molecule has 0 aromatic rings. The zero-order valence-electron chi connectivity index (χ0n) is 8.49. The molecule has 4 N–H and O–H groups in total. The van der Waals surface area contributed by atoms with E-state index in [9.17, 15) is 0 Å². The summed E-state index contributed by atoms with van der Waals surface area (Å²) < 4.78 is 0. The van der Waals surface area contributed by atoms with Crippen molar-refractivity contribution >= 4 is 29.9 Å². The van der Waals surface area contributed by atoms with Crippen molar-refractivity contribution < 1.29 is 0 Å². The maximum Gasteiger partial charge on any atom is 0.185 e. The maximum absolute atomic E-state index is 5.19. The molecule has 0 saturated carbocycles. The summed E-state index contributed by atoms with van der Waals surface area (Å²) in [4.78, 5) is 6.26. The van der Waals surface area contributed by atoms with Crippen molar-refractivity contribution in [1.29, 1.82) is 0 Å². The van der Waals surface area contributed by atoms with Gasteiger partial charge in [-0.3, -0.25) is 4.99 Å². The highest BCUT2D eigenvalue weighted by molar-refractivity contribution is 14.0. The van der Waals surface area contributed by atoms with Gasteiger partial charge in [0.25, 0.3) is 0 Å². The largest absolute Gasteiger partial charge is 0.370 e. The molecule has 0 aliphatic rings. The minimum atomic E-state index is 0. The van der Waals surface area contributed by atoms with Crippen LogP contribution in [0.25, 0.3) is 0 Å². The van der Waals surface area contributed by atoms with Gasteiger partial charge in [0.05, 0.1) is 0 Å². The summed E-state index contributed by atoms with van der Waals surface area (Å²) in [6.07, 6.45) is 1.03. The quantitative estimate of drug-likeness (QED) is 0.327. The summed E-state index contributed by atoms with van der Waals surface area (Å²) in [7, 11) is 0. The fourth-order valence-electron chi connectivity index (χ4n) is 1.04. The molecule has 0 rings (SSSR count). The van der Waals surface area contributed by atoms with E-state index in [1.165, 1.54) is 0 Å². The summed E-state index contributed by atoms with van der Waals surface area (Å²) >= 11 is 0. The van der Waals surface area contributed by atoms with Gasteiger partial charge in [0, 0.05) is 6.54 Å². The summed E-state index contributed by atoms with van der Waals surface area (Å²) in [6.45, 7) is 8.31. The number of guanidine groups is 1. The molecule has 0 atom stereocenters. The van der Waals surface area contributed by atoms with E-state index in [2.05, 4.69) is 23.7 Å². The zero-order chi connectivity index (χ0) is 9.40. The van der Waals surface area contributed by atoms with Crippen LogP contribution in [0.2, 0.25) is 0 Å². The van der Waals surface area contributed by atoms with Crippen molar-refractivity contribution in [2.75, 3.05) is 26.2 Å². The van der Waals surface area contributed by atoms with E-state index in [-0.39, 0.29) is 29.9 Å². The highest BCUT2D eigenvalue weighted by atomic mass is 127. The number of hydrogen-bond acceptors (Lipinski definition) is 2. The molecule has 0 aliphatic heterocycles. The van der Waals surface area contributed by atoms with Crippen LogP contribution in [0, 0.1) is 0 Å². The van der Waals surface area contributed by atoms with Crippen molar-refractivity contribution in [3.8, 4) is 0 Å². The first kappa shape index (κ1) is 15.4. The zero-order valence-corrected chi connectivity index (χ0v) is 10.8. The topological polar surface area (TPSA) is 67.6 Å². The molecule has 0 aromatic heterocycles. The number of halogens is 1. The van der Waals surface area contributed by atoms with Crippen molar-refractivity contribution in [2.24, 2.45) is 16.5 Å². The second-order valence-electron chi connectivity index (χ2n) is 2.69. The average Bonchev–Trinajstić information content (AvgIpc) is 2.04. The summed E-state index contributed by atoms with van der Waals surface area (Å²) in [6, 6.07) is 0. The number of nitrogens with two attached hydrogens (primary N) is 2. The molecule has 0 aliphatic carbocycles. The summed E-state index contributed by atoms with van der Waals surface area (Å²) in [5.74, 6) is 0.189. The van der Waals surface area contributed by atoms with Gasteiger partial charge in [-0.1, -0.05) is 13.8 Å².